The summed E-state index contributed by atoms with van der Waals surface area (Å²) in [5.41, 5.74) is 0. The van der Waals surface area contributed by atoms with Crippen molar-refractivity contribution in [1.82, 2.24) is 4.31 Å². The van der Waals surface area contributed by atoms with Crippen LogP contribution in [0, 0.1) is 5.92 Å². The van der Waals surface area contributed by atoms with Gasteiger partial charge in [-0.3, -0.25) is 0 Å². The third-order valence-corrected chi connectivity index (χ3v) is 4.25. The van der Waals surface area contributed by atoms with Crippen LogP contribution in [0.1, 0.15) is 20.3 Å². The first-order valence-corrected chi connectivity index (χ1v) is 5.66. The third kappa shape index (κ3) is 1.83. The van der Waals surface area contributed by atoms with Crippen molar-refractivity contribution in [2.75, 3.05) is 6.54 Å². The predicted molar refractivity (Wildman–Crippen MR) is 44.9 cm³/mol. The van der Waals surface area contributed by atoms with E-state index in [1.54, 1.807) is 6.92 Å². The molecule has 0 amide bonds. The van der Waals surface area contributed by atoms with Crippen LogP contribution >= 0.6 is 0 Å². The first kappa shape index (κ1) is 10.8. The highest BCUT2D eigenvalue weighted by Gasteiger charge is 2.40. The average molecular weight is 213 g/mol. The Labute approximate surface area is 76.8 Å². The number of halogens is 2. The van der Waals surface area contributed by atoms with Gasteiger partial charge in [0.1, 0.15) is 0 Å². The zero-order valence-electron chi connectivity index (χ0n) is 7.57. The molecular weight excluding hydrogens is 200 g/mol. The van der Waals surface area contributed by atoms with Crippen molar-refractivity contribution in [1.29, 1.82) is 0 Å². The van der Waals surface area contributed by atoms with Crippen molar-refractivity contribution in [3.63, 3.8) is 0 Å². The molecule has 0 bridgehead atoms. The highest BCUT2D eigenvalue weighted by atomic mass is 32.2. The molecule has 0 aromatic rings. The van der Waals surface area contributed by atoms with E-state index in [1.807, 2.05) is 6.92 Å². The second-order valence-corrected chi connectivity index (χ2v) is 5.28. The van der Waals surface area contributed by atoms with Gasteiger partial charge in [0.15, 0.2) is 0 Å². The lowest BCUT2D eigenvalue weighted by atomic mass is 10.1. The van der Waals surface area contributed by atoms with Gasteiger partial charge in [-0.25, -0.2) is 8.42 Å². The number of sulfonamides is 1. The van der Waals surface area contributed by atoms with Crippen molar-refractivity contribution < 1.29 is 17.2 Å². The Bertz CT molecular complexity index is 278. The molecule has 2 atom stereocenters. The monoisotopic (exact) mass is 213 g/mol. The van der Waals surface area contributed by atoms with Gasteiger partial charge in [0.25, 0.3) is 10.0 Å². The smallest absolute Gasteiger partial charge is 0.206 e. The summed E-state index contributed by atoms with van der Waals surface area (Å²) in [4.78, 5) is 0. The average Bonchev–Trinajstić information content (AvgIpc) is 2.33. The molecule has 0 aromatic heterocycles. The Kier molecular flexibility index (Phi) is 2.91. The van der Waals surface area contributed by atoms with Crippen LogP contribution in [0.2, 0.25) is 0 Å². The van der Waals surface area contributed by atoms with Gasteiger partial charge < -0.3 is 0 Å². The SMILES string of the molecule is CC1CCN(S(=O)(=O)C(F)F)C1C. The maximum absolute atomic E-state index is 12.1. The van der Waals surface area contributed by atoms with Gasteiger partial charge in [-0.15, -0.1) is 0 Å². The Balaban J connectivity index is 2.86. The highest BCUT2D eigenvalue weighted by Crippen LogP contribution is 2.28. The molecule has 2 unspecified atom stereocenters. The van der Waals surface area contributed by atoms with E-state index in [2.05, 4.69) is 0 Å². The molecule has 0 radical (unpaired) electrons. The van der Waals surface area contributed by atoms with Crippen molar-refractivity contribution in [3.05, 3.63) is 0 Å². The number of nitrogens with zero attached hydrogens (tertiary/aromatic N) is 1. The largest absolute Gasteiger partial charge is 0.350 e. The summed E-state index contributed by atoms with van der Waals surface area (Å²) in [6, 6.07) is -0.306. The summed E-state index contributed by atoms with van der Waals surface area (Å²) in [6.45, 7) is 3.75. The fraction of sp³-hybridized carbons (Fsp3) is 1.00. The van der Waals surface area contributed by atoms with Crippen LogP contribution in [-0.2, 0) is 10.0 Å². The summed E-state index contributed by atoms with van der Waals surface area (Å²) in [5, 5.41) is 0. The summed E-state index contributed by atoms with van der Waals surface area (Å²) < 4.78 is 47.3. The van der Waals surface area contributed by atoms with Crippen LogP contribution in [-0.4, -0.2) is 31.1 Å². The lowest BCUT2D eigenvalue weighted by Gasteiger charge is -2.21. The molecule has 0 spiro atoms. The lowest BCUT2D eigenvalue weighted by Crippen LogP contribution is -2.38. The van der Waals surface area contributed by atoms with E-state index >= 15 is 0 Å². The van der Waals surface area contributed by atoms with E-state index < -0.39 is 15.8 Å². The van der Waals surface area contributed by atoms with Crippen LogP contribution in [0.3, 0.4) is 0 Å². The molecular formula is C7H13F2NO2S. The van der Waals surface area contributed by atoms with Crippen LogP contribution in [0.25, 0.3) is 0 Å². The summed E-state index contributed by atoms with van der Waals surface area (Å²) in [6.07, 6.45) is 0.660. The minimum Gasteiger partial charge on any atom is -0.206 e. The van der Waals surface area contributed by atoms with E-state index in [9.17, 15) is 17.2 Å². The van der Waals surface area contributed by atoms with Gasteiger partial charge in [-0.05, 0) is 19.3 Å². The number of alkyl halides is 2. The van der Waals surface area contributed by atoms with Gasteiger partial charge in [0.2, 0.25) is 0 Å². The maximum atomic E-state index is 12.1. The van der Waals surface area contributed by atoms with E-state index in [-0.39, 0.29) is 18.5 Å². The molecule has 3 nitrogen and oxygen atoms in total. The third-order valence-electron chi connectivity index (χ3n) is 2.63. The van der Waals surface area contributed by atoms with Crippen LogP contribution in [0.5, 0.6) is 0 Å². The summed E-state index contributed by atoms with van der Waals surface area (Å²) >= 11 is 0. The molecule has 0 aliphatic carbocycles. The minimum absolute atomic E-state index is 0.161. The van der Waals surface area contributed by atoms with E-state index in [0.29, 0.717) is 6.42 Å². The quantitative estimate of drug-likeness (QED) is 0.692. The van der Waals surface area contributed by atoms with Crippen molar-refractivity contribution in [2.24, 2.45) is 5.92 Å². The van der Waals surface area contributed by atoms with Crippen LogP contribution in [0.15, 0.2) is 0 Å². The first-order valence-electron chi connectivity index (χ1n) is 4.16. The molecule has 6 heteroatoms. The number of hydrogen-bond donors (Lipinski definition) is 0. The van der Waals surface area contributed by atoms with E-state index in [0.717, 1.165) is 4.31 Å². The van der Waals surface area contributed by atoms with Crippen molar-refractivity contribution in [2.45, 2.75) is 32.1 Å². The van der Waals surface area contributed by atoms with Gasteiger partial charge in [-0.1, -0.05) is 6.92 Å². The first-order chi connectivity index (χ1) is 5.87. The normalized spacial score (nSPS) is 31.5. The zero-order valence-corrected chi connectivity index (χ0v) is 8.39. The van der Waals surface area contributed by atoms with Gasteiger partial charge >= 0.3 is 5.76 Å². The molecule has 13 heavy (non-hydrogen) atoms. The summed E-state index contributed by atoms with van der Waals surface area (Å²) in [7, 11) is -4.36. The van der Waals surface area contributed by atoms with Gasteiger partial charge in [0, 0.05) is 12.6 Å². The fourth-order valence-electron chi connectivity index (χ4n) is 1.52. The van der Waals surface area contributed by atoms with E-state index in [4.69, 9.17) is 0 Å². The number of hydrogen-bond acceptors (Lipinski definition) is 2. The van der Waals surface area contributed by atoms with Crippen LogP contribution in [0.4, 0.5) is 8.78 Å². The Morgan fingerprint density at radius 1 is 1.38 bits per heavy atom. The molecule has 0 N–H and O–H groups in total. The van der Waals surface area contributed by atoms with Gasteiger partial charge in [-0.2, -0.15) is 13.1 Å². The lowest BCUT2D eigenvalue weighted by molar-refractivity contribution is 0.216. The molecule has 1 saturated heterocycles. The number of rotatable bonds is 2. The summed E-state index contributed by atoms with van der Waals surface area (Å²) in [5.74, 6) is -3.13. The predicted octanol–water partition coefficient (Wildman–Crippen LogP) is 1.27. The van der Waals surface area contributed by atoms with Crippen molar-refractivity contribution in [3.8, 4) is 0 Å². The molecule has 1 aliphatic heterocycles. The maximum Gasteiger partial charge on any atom is 0.350 e. The molecule has 0 saturated carbocycles. The molecule has 1 fully saturated rings. The molecule has 1 aliphatic rings. The molecule has 1 rings (SSSR count). The standard InChI is InChI=1S/C7H13F2NO2S/c1-5-3-4-10(6(5)2)13(11,12)7(8)9/h5-7H,3-4H2,1-2H3. The fourth-order valence-corrected chi connectivity index (χ4v) is 2.76. The van der Waals surface area contributed by atoms with Crippen LogP contribution < -0.4 is 0 Å². The van der Waals surface area contributed by atoms with Crippen molar-refractivity contribution >= 4 is 10.0 Å². The molecule has 0 aromatic carbocycles. The Morgan fingerprint density at radius 3 is 2.23 bits per heavy atom. The van der Waals surface area contributed by atoms with Gasteiger partial charge in [0.05, 0.1) is 0 Å². The minimum atomic E-state index is -4.36. The second kappa shape index (κ2) is 3.49. The topological polar surface area (TPSA) is 37.4 Å². The van der Waals surface area contributed by atoms with E-state index in [1.165, 1.54) is 0 Å². The molecule has 78 valence electrons. The highest BCUT2D eigenvalue weighted by molar-refractivity contribution is 7.89. The zero-order chi connectivity index (χ0) is 10.2. The second-order valence-electron chi connectivity index (χ2n) is 3.42. The molecule has 1 heterocycles. The Hall–Kier alpha value is -0.230. The Morgan fingerprint density at radius 2 is 1.92 bits per heavy atom.